The van der Waals surface area contributed by atoms with E-state index < -0.39 is 0 Å². The van der Waals surface area contributed by atoms with Gasteiger partial charge in [-0.15, -0.1) is 0 Å². The maximum Gasteiger partial charge on any atom is 0.0483 e. The summed E-state index contributed by atoms with van der Waals surface area (Å²) in [5.74, 6) is 0. The zero-order chi connectivity index (χ0) is 13.8. The minimum absolute atomic E-state index is 0.691. The van der Waals surface area contributed by atoms with Gasteiger partial charge in [-0.1, -0.05) is 24.3 Å². The summed E-state index contributed by atoms with van der Waals surface area (Å²) in [6.07, 6.45) is 7.92. The van der Waals surface area contributed by atoms with E-state index in [9.17, 15) is 0 Å². The molecule has 0 saturated heterocycles. The van der Waals surface area contributed by atoms with Gasteiger partial charge in [-0.05, 0) is 42.6 Å². The Bertz CT molecular complexity index is 686. The van der Waals surface area contributed by atoms with E-state index in [1.54, 1.807) is 0 Å². The van der Waals surface area contributed by atoms with Crippen molar-refractivity contribution in [3.63, 3.8) is 0 Å². The van der Waals surface area contributed by atoms with Crippen LogP contribution >= 0.6 is 0 Å². The van der Waals surface area contributed by atoms with Gasteiger partial charge in [0.15, 0.2) is 0 Å². The van der Waals surface area contributed by atoms with E-state index in [1.807, 2.05) is 18.5 Å². The van der Waals surface area contributed by atoms with Crippen LogP contribution in [0.4, 0.5) is 0 Å². The molecule has 0 amide bonds. The van der Waals surface area contributed by atoms with Crippen LogP contribution in [0.25, 0.3) is 10.9 Å². The standard InChI is InChI=1S/C17H19N3/c18-9-7-15-13-20(17-6-2-1-5-16(15)17)11-8-14-4-3-10-19-12-14/h1-6,10,12-13H,7-9,11,18H2. The molecule has 0 aliphatic heterocycles. The quantitative estimate of drug-likeness (QED) is 0.771. The second kappa shape index (κ2) is 5.88. The summed E-state index contributed by atoms with van der Waals surface area (Å²) in [7, 11) is 0. The average Bonchev–Trinajstić information content (AvgIpc) is 2.85. The number of nitrogens with two attached hydrogens (primary N) is 1. The van der Waals surface area contributed by atoms with Crippen molar-refractivity contribution in [2.75, 3.05) is 6.54 Å². The van der Waals surface area contributed by atoms with E-state index in [-0.39, 0.29) is 0 Å². The minimum Gasteiger partial charge on any atom is -0.347 e. The van der Waals surface area contributed by atoms with Gasteiger partial charge < -0.3 is 10.3 Å². The van der Waals surface area contributed by atoms with E-state index >= 15 is 0 Å². The van der Waals surface area contributed by atoms with Crippen molar-refractivity contribution >= 4 is 10.9 Å². The van der Waals surface area contributed by atoms with Crippen molar-refractivity contribution in [3.8, 4) is 0 Å². The van der Waals surface area contributed by atoms with E-state index in [1.165, 1.54) is 22.0 Å². The Hall–Kier alpha value is -2.13. The van der Waals surface area contributed by atoms with Gasteiger partial charge in [0.05, 0.1) is 0 Å². The molecule has 0 unspecified atom stereocenters. The second-order valence-electron chi connectivity index (χ2n) is 5.01. The van der Waals surface area contributed by atoms with Gasteiger partial charge in [0.1, 0.15) is 0 Å². The zero-order valence-corrected chi connectivity index (χ0v) is 11.5. The first-order chi connectivity index (χ1) is 9.88. The molecule has 0 radical (unpaired) electrons. The third-order valence-corrected chi connectivity index (χ3v) is 3.65. The number of rotatable bonds is 5. The first-order valence-electron chi connectivity index (χ1n) is 7.04. The van der Waals surface area contributed by atoms with Crippen LogP contribution in [0, 0.1) is 0 Å². The van der Waals surface area contributed by atoms with Gasteiger partial charge in [-0.3, -0.25) is 4.98 Å². The van der Waals surface area contributed by atoms with E-state index in [4.69, 9.17) is 5.73 Å². The third-order valence-electron chi connectivity index (χ3n) is 3.65. The van der Waals surface area contributed by atoms with Crippen LogP contribution in [0.2, 0.25) is 0 Å². The lowest BCUT2D eigenvalue weighted by Gasteiger charge is -2.05. The predicted octanol–water partition coefficient (Wildman–Crippen LogP) is 2.78. The van der Waals surface area contributed by atoms with Crippen LogP contribution < -0.4 is 5.73 Å². The number of pyridine rings is 1. The molecular formula is C17H19N3. The van der Waals surface area contributed by atoms with Crippen LogP contribution in [0.15, 0.2) is 55.0 Å². The molecule has 3 aromatic rings. The largest absolute Gasteiger partial charge is 0.347 e. The second-order valence-corrected chi connectivity index (χ2v) is 5.01. The molecule has 0 bridgehead atoms. The Morgan fingerprint density at radius 1 is 1.05 bits per heavy atom. The molecule has 0 aliphatic rings. The number of hydrogen-bond acceptors (Lipinski definition) is 2. The van der Waals surface area contributed by atoms with Crippen LogP contribution in [0.3, 0.4) is 0 Å². The Kier molecular flexibility index (Phi) is 3.79. The molecule has 2 aromatic heterocycles. The van der Waals surface area contributed by atoms with Gasteiger partial charge in [-0.25, -0.2) is 0 Å². The summed E-state index contributed by atoms with van der Waals surface area (Å²) in [6, 6.07) is 12.7. The lowest BCUT2D eigenvalue weighted by molar-refractivity contribution is 0.717. The normalized spacial score (nSPS) is 11.1. The Morgan fingerprint density at radius 3 is 2.75 bits per heavy atom. The lowest BCUT2D eigenvalue weighted by atomic mass is 10.1. The predicted molar refractivity (Wildman–Crippen MR) is 82.6 cm³/mol. The monoisotopic (exact) mass is 265 g/mol. The molecule has 0 atom stereocenters. The van der Waals surface area contributed by atoms with Gasteiger partial charge in [0, 0.05) is 36.0 Å². The number of aromatic nitrogens is 2. The number of aryl methyl sites for hydroxylation is 2. The number of hydrogen-bond donors (Lipinski definition) is 1. The van der Waals surface area contributed by atoms with E-state index in [0.717, 1.165) is 19.4 Å². The summed E-state index contributed by atoms with van der Waals surface area (Å²) >= 11 is 0. The molecule has 0 fully saturated rings. The van der Waals surface area contributed by atoms with Crippen LogP contribution in [0.1, 0.15) is 11.1 Å². The molecular weight excluding hydrogens is 246 g/mol. The lowest BCUT2D eigenvalue weighted by Crippen LogP contribution is -2.02. The Labute approximate surface area is 119 Å². The first-order valence-corrected chi connectivity index (χ1v) is 7.04. The fourth-order valence-electron chi connectivity index (χ4n) is 2.66. The Morgan fingerprint density at radius 2 is 1.95 bits per heavy atom. The molecule has 3 rings (SSSR count). The number of para-hydroxylation sites is 1. The maximum atomic E-state index is 5.71. The van der Waals surface area contributed by atoms with Gasteiger partial charge in [-0.2, -0.15) is 0 Å². The summed E-state index contributed by atoms with van der Waals surface area (Å²) in [5.41, 5.74) is 9.61. The van der Waals surface area contributed by atoms with Gasteiger partial charge in [0.2, 0.25) is 0 Å². The van der Waals surface area contributed by atoms with E-state index in [2.05, 4.69) is 46.1 Å². The number of benzene rings is 1. The van der Waals surface area contributed by atoms with Gasteiger partial charge in [0.25, 0.3) is 0 Å². The third kappa shape index (κ3) is 2.58. The Balaban J connectivity index is 1.87. The maximum absolute atomic E-state index is 5.71. The molecule has 2 heterocycles. The molecule has 2 N–H and O–H groups in total. The fraction of sp³-hybridized carbons (Fsp3) is 0.235. The topological polar surface area (TPSA) is 43.8 Å². The minimum atomic E-state index is 0.691. The van der Waals surface area contributed by atoms with Crippen molar-refractivity contribution in [1.29, 1.82) is 0 Å². The van der Waals surface area contributed by atoms with Crippen molar-refractivity contribution < 1.29 is 0 Å². The number of nitrogens with zero attached hydrogens (tertiary/aromatic N) is 2. The highest BCUT2D eigenvalue weighted by molar-refractivity contribution is 5.84. The first kappa shape index (κ1) is 12.9. The van der Waals surface area contributed by atoms with Gasteiger partial charge >= 0.3 is 0 Å². The molecule has 1 aromatic carbocycles. The summed E-state index contributed by atoms with van der Waals surface area (Å²) in [5, 5.41) is 1.32. The number of fused-ring (bicyclic) bond motifs is 1. The average molecular weight is 265 g/mol. The molecule has 20 heavy (non-hydrogen) atoms. The summed E-state index contributed by atoms with van der Waals surface area (Å²) < 4.78 is 2.33. The highest BCUT2D eigenvalue weighted by Crippen LogP contribution is 2.22. The molecule has 3 heteroatoms. The molecule has 0 saturated carbocycles. The van der Waals surface area contributed by atoms with Crippen molar-refractivity contribution in [1.82, 2.24) is 9.55 Å². The van der Waals surface area contributed by atoms with Crippen LogP contribution in [0.5, 0.6) is 0 Å². The highest BCUT2D eigenvalue weighted by atomic mass is 15.0. The highest BCUT2D eigenvalue weighted by Gasteiger charge is 2.07. The fourth-order valence-corrected chi connectivity index (χ4v) is 2.66. The molecule has 0 aliphatic carbocycles. The smallest absolute Gasteiger partial charge is 0.0483 e. The van der Waals surface area contributed by atoms with Crippen molar-refractivity contribution in [2.45, 2.75) is 19.4 Å². The van der Waals surface area contributed by atoms with Crippen molar-refractivity contribution in [3.05, 3.63) is 66.1 Å². The van der Waals surface area contributed by atoms with Crippen LogP contribution in [-0.2, 0) is 19.4 Å². The summed E-state index contributed by atoms with van der Waals surface area (Å²) in [4.78, 5) is 4.17. The zero-order valence-electron chi connectivity index (χ0n) is 11.5. The summed E-state index contributed by atoms with van der Waals surface area (Å²) in [6.45, 7) is 1.66. The van der Waals surface area contributed by atoms with E-state index in [0.29, 0.717) is 6.54 Å². The molecule has 0 spiro atoms. The van der Waals surface area contributed by atoms with Crippen LogP contribution in [-0.4, -0.2) is 16.1 Å². The van der Waals surface area contributed by atoms with Crippen molar-refractivity contribution in [2.24, 2.45) is 5.73 Å². The SMILES string of the molecule is NCCc1cn(CCc2cccnc2)c2ccccc12. The molecule has 3 nitrogen and oxygen atoms in total. The molecule has 102 valence electrons.